The van der Waals surface area contributed by atoms with Crippen LogP contribution in [0, 0.1) is 17.5 Å². The van der Waals surface area contributed by atoms with Gasteiger partial charge in [-0.2, -0.15) is 0 Å². The quantitative estimate of drug-likeness (QED) is 0.0136. The van der Waals surface area contributed by atoms with E-state index in [0.29, 0.717) is 129 Å². The number of aromatic nitrogens is 3. The van der Waals surface area contributed by atoms with Crippen molar-refractivity contribution in [3.05, 3.63) is 351 Å². The average Bonchev–Trinajstić information content (AvgIpc) is 1.57. The molecule has 772 valence electrons. The Labute approximate surface area is 848 Å². The molecule has 3 aliphatic carbocycles. The van der Waals surface area contributed by atoms with Gasteiger partial charge in [-0.15, -0.1) is 26.3 Å². The molecule has 20 rings (SSSR count). The number of hydrogen-bond acceptors (Lipinski definition) is 19. The largest absolute Gasteiger partial charge is 0.586 e. The van der Waals surface area contributed by atoms with Gasteiger partial charge < -0.3 is 92.0 Å². The van der Waals surface area contributed by atoms with Crippen LogP contribution in [0.4, 0.5) is 45.2 Å². The number of fused-ring (bicyclic) bond motifs is 6. The van der Waals surface area contributed by atoms with E-state index >= 15 is 8.78 Å². The second-order valence-electron chi connectivity index (χ2n) is 40.3. The average molecular weight is 2050 g/mol. The standard InChI is InChI=1S/C41H40F3NO6.C34H34F3NO6.C29H33FN2O3.C11H7ClF2O3/c1-39(2,26-49-24-28-11-7-4-8-12-28)37-18-30-17-29(19-38(47)40(15-16-40)31-13-14-35-36(20-31)51-41(43,44)50-35)33(42)21-34(30)45(37)22-32(46)25-48-23-27-9-5-3-6-10-27;1-32(2,20-39)30-13-23-12-22(14-31(41)33(10-11-33)24-8-9-28-29(15-24)44-34(36,37)43-28)26(35)16-27(23)38(30)17-25(40)19-42-18-21-6-4-3-5-7-21;1-29(2,20-35-18-22-11-7-4-8-12-22)28-14-23-13-26(31)25(30)15-27(23)32(28)16-24(33)19-34-17-21-9-5-3-6-10-21;12-9(15)10(3-4-10)6-1-2-7-8(5-6)17-11(13,14)16-7/h3-14,17-18,20-21,32,46H,15-16,19,22-26H2,1-2H3;3-9,12-13,15-16,25,39-40H,10-11,14,17-20H2,1-2H3;3-15,24,33H,16-20,31H2,1-2H3;1-2,5H,3-4H2/t32-;25-;24-;/m111./s1. The smallest absolute Gasteiger partial charge is 0.396 e. The Hall–Kier alpha value is -13.1. The van der Waals surface area contributed by atoms with Crippen molar-refractivity contribution in [2.24, 2.45) is 0 Å². The Morgan fingerprint density at radius 2 is 0.633 bits per heavy atom. The number of carbonyl (C=O) groups is 3. The molecule has 0 unspecified atom stereocenters. The second kappa shape index (κ2) is 43.4. The topological polar surface area (TPSA) is 274 Å². The lowest BCUT2D eigenvalue weighted by Crippen LogP contribution is -2.30. The molecule has 3 saturated carbocycles. The third-order valence-corrected chi connectivity index (χ3v) is 27.8. The van der Waals surface area contributed by atoms with Gasteiger partial charge >= 0.3 is 18.9 Å². The number of nitrogen functional groups attached to an aromatic ring is 1. The summed E-state index contributed by atoms with van der Waals surface area (Å²) in [7, 11) is 0. The van der Waals surface area contributed by atoms with Crippen molar-refractivity contribution in [1.82, 2.24) is 13.7 Å². The van der Waals surface area contributed by atoms with Gasteiger partial charge in [0, 0.05) is 68.4 Å². The molecule has 22 nitrogen and oxygen atoms in total. The first-order valence-electron chi connectivity index (χ1n) is 48.5. The van der Waals surface area contributed by atoms with Crippen molar-refractivity contribution in [2.45, 2.75) is 215 Å². The van der Waals surface area contributed by atoms with Crippen LogP contribution in [0.2, 0.25) is 0 Å². The highest BCUT2D eigenvalue weighted by Crippen LogP contribution is 2.57. The maximum absolute atomic E-state index is 16.0. The van der Waals surface area contributed by atoms with Crippen molar-refractivity contribution in [3.8, 4) is 34.5 Å². The number of ether oxygens (including phenoxy) is 11. The number of carbonyl (C=O) groups excluding carboxylic acids is 3. The fourth-order valence-corrected chi connectivity index (χ4v) is 19.3. The summed E-state index contributed by atoms with van der Waals surface area (Å²) in [4.78, 5) is 38.6. The molecule has 6 aliphatic rings. The predicted octanol–water partition coefficient (Wildman–Crippen LogP) is 22.1. The van der Waals surface area contributed by atoms with E-state index in [-0.39, 0.29) is 122 Å². The predicted molar refractivity (Wildman–Crippen MR) is 534 cm³/mol. The number of aliphatic hydroxyl groups excluding tert-OH is 4. The van der Waals surface area contributed by atoms with Gasteiger partial charge in [0.25, 0.3) is 0 Å². The van der Waals surface area contributed by atoms with Crippen LogP contribution >= 0.6 is 11.6 Å². The van der Waals surface area contributed by atoms with Crippen LogP contribution in [0.3, 0.4) is 0 Å². The number of hydrogen-bond donors (Lipinski definition) is 5. The summed E-state index contributed by atoms with van der Waals surface area (Å²) in [5.41, 5.74) is 13.3. The highest BCUT2D eigenvalue weighted by atomic mass is 35.5. The molecule has 0 bridgehead atoms. The Morgan fingerprint density at radius 3 is 0.925 bits per heavy atom. The summed E-state index contributed by atoms with van der Waals surface area (Å²) in [5, 5.41) is 44.7. The minimum absolute atomic E-state index is 0.0310. The molecule has 32 heteroatoms. The lowest BCUT2D eigenvalue weighted by molar-refractivity contribution is -0.287. The maximum Gasteiger partial charge on any atom is 0.586 e. The van der Waals surface area contributed by atoms with Gasteiger partial charge in [-0.1, -0.05) is 211 Å². The summed E-state index contributed by atoms with van der Waals surface area (Å²) in [6.07, 6.45) is -10.7. The number of halogens is 10. The van der Waals surface area contributed by atoms with Crippen LogP contribution in [0.15, 0.2) is 261 Å². The van der Waals surface area contributed by atoms with Crippen LogP contribution in [0.5, 0.6) is 34.5 Å². The molecular formula is C115H114ClF9N4O18. The van der Waals surface area contributed by atoms with Gasteiger partial charge in [-0.05, 0) is 191 Å². The van der Waals surface area contributed by atoms with E-state index in [2.05, 4.69) is 42.3 Å². The molecule has 0 radical (unpaired) electrons. The fourth-order valence-electron chi connectivity index (χ4n) is 19.0. The summed E-state index contributed by atoms with van der Waals surface area (Å²) >= 11 is 5.51. The third-order valence-electron chi connectivity index (χ3n) is 27.5. The van der Waals surface area contributed by atoms with E-state index in [1.165, 1.54) is 54.6 Å². The number of rotatable bonds is 40. The van der Waals surface area contributed by atoms with E-state index in [9.17, 15) is 65.5 Å². The molecule has 6 N–H and O–H groups in total. The number of benzene rings is 11. The van der Waals surface area contributed by atoms with Gasteiger partial charge in [0.1, 0.15) is 29.0 Å². The van der Waals surface area contributed by atoms with Gasteiger partial charge in [0.15, 0.2) is 34.5 Å². The lowest BCUT2D eigenvalue weighted by atomic mass is 9.87. The van der Waals surface area contributed by atoms with Gasteiger partial charge in [0.2, 0.25) is 5.24 Å². The molecule has 3 aliphatic heterocycles. The Morgan fingerprint density at radius 1 is 0.361 bits per heavy atom. The van der Waals surface area contributed by atoms with Crippen LogP contribution in [0.25, 0.3) is 32.7 Å². The molecule has 3 atom stereocenters. The van der Waals surface area contributed by atoms with Crippen molar-refractivity contribution in [3.63, 3.8) is 0 Å². The van der Waals surface area contributed by atoms with Crippen molar-refractivity contribution in [2.75, 3.05) is 45.4 Å². The van der Waals surface area contributed by atoms with Gasteiger partial charge in [-0.25, -0.2) is 13.2 Å². The zero-order valence-electron chi connectivity index (χ0n) is 81.8. The zero-order chi connectivity index (χ0) is 104. The summed E-state index contributed by atoms with van der Waals surface area (Å²) in [6.45, 7) is 15.5. The molecule has 3 aromatic heterocycles. The molecule has 3 fully saturated rings. The highest BCUT2D eigenvalue weighted by Gasteiger charge is 2.56. The first kappa shape index (κ1) is 105. The number of ketones is 2. The molecule has 147 heavy (non-hydrogen) atoms. The number of Topliss-reactive ketones (excluding diaryl/α,β-unsaturated/α-hetero) is 2. The number of nitrogens with zero attached hydrogens (tertiary/aromatic N) is 3. The number of alkyl halides is 6. The second-order valence-corrected chi connectivity index (χ2v) is 40.6. The maximum atomic E-state index is 16.0. The first-order valence-corrected chi connectivity index (χ1v) is 48.9. The third kappa shape index (κ3) is 24.7. The number of anilines is 1. The minimum Gasteiger partial charge on any atom is -0.396 e. The van der Waals surface area contributed by atoms with Crippen LogP contribution in [0.1, 0.15) is 153 Å². The highest BCUT2D eigenvalue weighted by molar-refractivity contribution is 6.66. The molecule has 0 amide bonds. The summed E-state index contributed by atoms with van der Waals surface area (Å²) < 4.78 is 188. The number of nitrogens with two attached hydrogens (primary N) is 1. The van der Waals surface area contributed by atoms with Crippen LogP contribution < -0.4 is 34.2 Å². The SMILES string of the molecule is CC(C)(CO)c1cc2cc(CC(=O)C3(c4ccc5c(c4)OC(F)(F)O5)CC3)c(F)cc2n1C[C@@H](O)COCc1ccccc1.CC(C)(COCc1ccccc1)c1cc2cc(CC(=O)C3(c4ccc5c(c4)OC(F)(F)O5)CC3)c(F)cc2n1C[C@@H](O)COCc1ccccc1.CC(C)(COCc1ccccc1)c1cc2cc(N)c(F)cc2n1C[C@@H](O)COCc1ccccc1.O=C(Cl)C1(c2ccc3c(c2)OC(F)(F)O3)CC1. The Bertz CT molecular complexity index is 7060. The molecular weight excluding hydrogens is 1930 g/mol. The van der Waals surface area contributed by atoms with Crippen molar-refractivity contribution in [1.29, 1.82) is 0 Å². The Balaban J connectivity index is 0.000000141. The van der Waals surface area contributed by atoms with E-state index in [0.717, 1.165) is 50.0 Å². The van der Waals surface area contributed by atoms with E-state index in [1.807, 2.05) is 207 Å². The number of aliphatic hydroxyl groups is 4. The van der Waals surface area contributed by atoms with Crippen LogP contribution in [-0.4, -0.2) is 128 Å². The molecule has 11 aromatic carbocycles. The van der Waals surface area contributed by atoms with Crippen LogP contribution in [-0.2, 0) is 136 Å². The molecule has 0 spiro atoms. The van der Waals surface area contributed by atoms with Crippen molar-refractivity contribution < 1.29 is 126 Å². The first-order chi connectivity index (χ1) is 70.1. The van der Waals surface area contributed by atoms with Gasteiger partial charge in [-0.3, -0.25) is 14.4 Å². The normalized spacial score (nSPS) is 16.4. The molecule has 14 aromatic rings. The summed E-state index contributed by atoms with van der Waals surface area (Å²) in [5.74, 6) is -2.56. The monoisotopic (exact) mass is 2040 g/mol. The van der Waals surface area contributed by atoms with E-state index in [4.69, 9.17) is 41.0 Å². The fraction of sp³-hybridized carbons (Fsp3) is 0.348. The minimum atomic E-state index is -3.76. The van der Waals surface area contributed by atoms with E-state index < -0.39 is 92.4 Å². The summed E-state index contributed by atoms with van der Waals surface area (Å²) in [6, 6.07) is 77.0. The van der Waals surface area contributed by atoms with Crippen molar-refractivity contribution >= 4 is 66.8 Å². The van der Waals surface area contributed by atoms with Gasteiger partial charge in [0.05, 0.1) is 149 Å². The zero-order valence-corrected chi connectivity index (χ0v) is 82.6. The molecule has 0 saturated heterocycles. The molecule has 6 heterocycles. The Kier molecular flexibility index (Phi) is 31.1. The lowest BCUT2D eigenvalue weighted by Gasteiger charge is -2.28. The van der Waals surface area contributed by atoms with E-state index in [1.54, 1.807) is 41.0 Å².